The maximum Gasteiger partial charge on any atom is 0.119 e. The van der Waals surface area contributed by atoms with Gasteiger partial charge in [-0.2, -0.15) is 0 Å². The second-order valence-corrected chi connectivity index (χ2v) is 3.41. The fraction of sp³-hybridized carbons (Fsp3) is 0.500. The number of carbonyl (C=O) groups excluding carboxylic acids is 1. The van der Waals surface area contributed by atoms with Crippen molar-refractivity contribution >= 4 is 6.29 Å². The Labute approximate surface area is 93.3 Å². The molecule has 0 radical (unpaired) electrons. The van der Waals surface area contributed by atoms with Crippen LogP contribution in [0.4, 0.5) is 0 Å². The number of hydrogen-bond acceptors (Lipinski definition) is 1. The van der Waals surface area contributed by atoms with Gasteiger partial charge in [-0.1, -0.05) is 43.8 Å². The van der Waals surface area contributed by atoms with Crippen molar-refractivity contribution in [1.29, 1.82) is 0 Å². The van der Waals surface area contributed by atoms with E-state index in [9.17, 15) is 4.79 Å². The van der Waals surface area contributed by atoms with Gasteiger partial charge in [0.15, 0.2) is 0 Å². The van der Waals surface area contributed by atoms with E-state index in [1.165, 1.54) is 25.7 Å². The number of hydrogen-bond donors (Lipinski definition) is 0. The summed E-state index contributed by atoms with van der Waals surface area (Å²) in [6.45, 7) is 3.51. The van der Waals surface area contributed by atoms with Crippen LogP contribution in [0.25, 0.3) is 0 Å². The Hall–Kier alpha value is -1.29. The molecule has 15 heavy (non-hydrogen) atoms. The van der Waals surface area contributed by atoms with Crippen LogP contribution in [-0.2, 0) is 4.79 Å². The van der Waals surface area contributed by atoms with Gasteiger partial charge < -0.3 is 4.79 Å². The van der Waals surface area contributed by atoms with E-state index in [1.807, 2.05) is 6.08 Å². The van der Waals surface area contributed by atoms with E-state index in [0.29, 0.717) is 0 Å². The molecule has 0 amide bonds. The van der Waals surface area contributed by atoms with Gasteiger partial charge in [0.25, 0.3) is 0 Å². The van der Waals surface area contributed by atoms with Crippen LogP contribution in [0, 0.1) is 11.8 Å². The molecule has 0 fully saturated rings. The molecule has 0 unspecified atom stereocenters. The SMILES string of the molecule is C=CC#CC=CCCCCCCCC=O. The van der Waals surface area contributed by atoms with Gasteiger partial charge in [-0.25, -0.2) is 0 Å². The number of aldehydes is 1. The molecular formula is C14H20O. The summed E-state index contributed by atoms with van der Waals surface area (Å²) in [5, 5.41) is 0. The van der Waals surface area contributed by atoms with Gasteiger partial charge in [-0.15, -0.1) is 0 Å². The van der Waals surface area contributed by atoms with Crippen molar-refractivity contribution < 1.29 is 4.79 Å². The van der Waals surface area contributed by atoms with Crippen LogP contribution in [0.2, 0.25) is 0 Å². The maximum atomic E-state index is 10.0. The first-order valence-electron chi connectivity index (χ1n) is 5.62. The van der Waals surface area contributed by atoms with Crippen molar-refractivity contribution in [1.82, 2.24) is 0 Å². The van der Waals surface area contributed by atoms with Crippen LogP contribution in [0.5, 0.6) is 0 Å². The lowest BCUT2D eigenvalue weighted by Crippen LogP contribution is -1.79. The Bertz CT molecular complexity index is 240. The molecule has 0 aromatic carbocycles. The van der Waals surface area contributed by atoms with Crippen molar-refractivity contribution in [3.8, 4) is 11.8 Å². The average Bonchev–Trinajstić information content (AvgIpc) is 2.26. The highest BCUT2D eigenvalue weighted by atomic mass is 16.1. The molecule has 0 spiro atoms. The molecule has 82 valence electrons. The number of unbranched alkanes of at least 4 members (excludes halogenated alkanes) is 6. The predicted octanol–water partition coefficient (Wildman–Crippen LogP) is 3.66. The zero-order valence-electron chi connectivity index (χ0n) is 9.37. The Kier molecular flexibility index (Phi) is 11.6. The van der Waals surface area contributed by atoms with Crippen molar-refractivity contribution in [2.75, 3.05) is 0 Å². The van der Waals surface area contributed by atoms with Gasteiger partial charge in [0.2, 0.25) is 0 Å². The Morgan fingerprint density at radius 2 is 1.60 bits per heavy atom. The van der Waals surface area contributed by atoms with Crippen LogP contribution < -0.4 is 0 Å². The molecule has 1 nitrogen and oxygen atoms in total. The first-order chi connectivity index (χ1) is 7.41. The van der Waals surface area contributed by atoms with E-state index in [-0.39, 0.29) is 0 Å². The van der Waals surface area contributed by atoms with Crippen molar-refractivity contribution in [2.24, 2.45) is 0 Å². The minimum absolute atomic E-state index is 0.719. The summed E-state index contributed by atoms with van der Waals surface area (Å²) < 4.78 is 0. The van der Waals surface area contributed by atoms with Gasteiger partial charge >= 0.3 is 0 Å². The molecule has 0 heterocycles. The van der Waals surface area contributed by atoms with E-state index in [4.69, 9.17) is 0 Å². The molecule has 0 aliphatic heterocycles. The highest BCUT2D eigenvalue weighted by molar-refractivity contribution is 5.48. The quantitative estimate of drug-likeness (QED) is 0.335. The molecule has 0 saturated carbocycles. The molecule has 0 rings (SSSR count). The Balaban J connectivity index is 3.14. The van der Waals surface area contributed by atoms with E-state index < -0.39 is 0 Å². The topological polar surface area (TPSA) is 17.1 Å². The summed E-state index contributed by atoms with van der Waals surface area (Å²) >= 11 is 0. The molecule has 0 saturated heterocycles. The second kappa shape index (κ2) is 12.7. The molecule has 0 atom stereocenters. The van der Waals surface area contributed by atoms with Gasteiger partial charge in [0, 0.05) is 6.42 Å². The summed E-state index contributed by atoms with van der Waals surface area (Å²) in [5.74, 6) is 5.63. The van der Waals surface area contributed by atoms with Gasteiger partial charge in [-0.3, -0.25) is 0 Å². The minimum Gasteiger partial charge on any atom is -0.303 e. The highest BCUT2D eigenvalue weighted by Gasteiger charge is 1.88. The second-order valence-electron chi connectivity index (χ2n) is 3.41. The van der Waals surface area contributed by atoms with Gasteiger partial charge in [0.05, 0.1) is 0 Å². The lowest BCUT2D eigenvalue weighted by molar-refractivity contribution is -0.107. The van der Waals surface area contributed by atoms with Crippen LogP contribution >= 0.6 is 0 Å². The molecular weight excluding hydrogens is 184 g/mol. The molecule has 0 aromatic rings. The zero-order chi connectivity index (χ0) is 11.2. The largest absolute Gasteiger partial charge is 0.303 e. The summed E-state index contributed by atoms with van der Waals surface area (Å²) in [7, 11) is 0. The lowest BCUT2D eigenvalue weighted by Gasteiger charge is -1.96. The van der Waals surface area contributed by atoms with E-state index in [0.717, 1.165) is 25.5 Å². The van der Waals surface area contributed by atoms with Crippen molar-refractivity contribution in [2.45, 2.75) is 44.9 Å². The number of carbonyl (C=O) groups is 1. The normalized spacial score (nSPS) is 9.60. The standard InChI is InChI=1S/C14H20O/c1-2-3-4-5-6-7-8-9-10-11-12-13-14-15/h2,5-6,14H,1,7-13H2. The smallest absolute Gasteiger partial charge is 0.119 e. The van der Waals surface area contributed by atoms with E-state index in [2.05, 4.69) is 24.5 Å². The summed E-state index contributed by atoms with van der Waals surface area (Å²) in [4.78, 5) is 10.0. The number of allylic oxidation sites excluding steroid dienone is 3. The minimum atomic E-state index is 0.719. The maximum absolute atomic E-state index is 10.0. The van der Waals surface area contributed by atoms with Gasteiger partial charge in [-0.05, 0) is 31.4 Å². The first kappa shape index (κ1) is 13.7. The fourth-order valence-corrected chi connectivity index (χ4v) is 1.27. The average molecular weight is 204 g/mol. The molecule has 0 aromatic heterocycles. The summed E-state index contributed by atoms with van der Waals surface area (Å²) in [6, 6.07) is 0. The summed E-state index contributed by atoms with van der Waals surface area (Å²) in [5.41, 5.74) is 0. The molecule has 0 N–H and O–H groups in total. The molecule has 0 aliphatic carbocycles. The third-order valence-electron chi connectivity index (χ3n) is 2.08. The van der Waals surface area contributed by atoms with Gasteiger partial charge in [0.1, 0.15) is 6.29 Å². The van der Waals surface area contributed by atoms with E-state index >= 15 is 0 Å². The summed E-state index contributed by atoms with van der Waals surface area (Å²) in [6.07, 6.45) is 14.3. The predicted molar refractivity (Wildman–Crippen MR) is 65.5 cm³/mol. The first-order valence-corrected chi connectivity index (χ1v) is 5.62. The van der Waals surface area contributed by atoms with Crippen molar-refractivity contribution in [3.05, 3.63) is 24.8 Å². The van der Waals surface area contributed by atoms with Crippen LogP contribution in [-0.4, -0.2) is 6.29 Å². The third kappa shape index (κ3) is 12.7. The zero-order valence-corrected chi connectivity index (χ0v) is 9.37. The number of rotatable bonds is 8. The van der Waals surface area contributed by atoms with Crippen molar-refractivity contribution in [3.63, 3.8) is 0 Å². The Morgan fingerprint density at radius 1 is 0.933 bits per heavy atom. The van der Waals surface area contributed by atoms with Crippen LogP contribution in [0.3, 0.4) is 0 Å². The molecule has 1 heteroatoms. The Morgan fingerprint density at radius 3 is 2.27 bits per heavy atom. The molecule has 0 aliphatic rings. The van der Waals surface area contributed by atoms with Crippen LogP contribution in [0.15, 0.2) is 24.8 Å². The monoisotopic (exact) mass is 204 g/mol. The third-order valence-corrected chi connectivity index (χ3v) is 2.08. The molecule has 0 bridgehead atoms. The van der Waals surface area contributed by atoms with Crippen LogP contribution in [0.1, 0.15) is 44.9 Å². The highest BCUT2D eigenvalue weighted by Crippen LogP contribution is 2.06. The van der Waals surface area contributed by atoms with E-state index in [1.54, 1.807) is 6.08 Å². The lowest BCUT2D eigenvalue weighted by atomic mass is 10.1. The fourth-order valence-electron chi connectivity index (χ4n) is 1.27.